The van der Waals surface area contributed by atoms with E-state index < -0.39 is 0 Å². The summed E-state index contributed by atoms with van der Waals surface area (Å²) < 4.78 is 26.0. The number of rotatable bonds is 4. The second-order valence-corrected chi connectivity index (χ2v) is 7.56. The largest absolute Gasteiger partial charge is 0.497 e. The minimum Gasteiger partial charge on any atom is -0.497 e. The maximum absolute atomic E-state index is 14.7. The first-order valence-electron chi connectivity index (χ1n) is 9.66. The molecule has 2 aliphatic heterocycles. The van der Waals surface area contributed by atoms with E-state index in [1.54, 1.807) is 7.11 Å². The van der Waals surface area contributed by atoms with Gasteiger partial charge in [-0.05, 0) is 67.9 Å². The van der Waals surface area contributed by atoms with E-state index in [9.17, 15) is 4.39 Å². The van der Waals surface area contributed by atoms with Crippen molar-refractivity contribution in [1.82, 2.24) is 10.2 Å². The van der Waals surface area contributed by atoms with Gasteiger partial charge in [0.1, 0.15) is 23.4 Å². The third-order valence-corrected chi connectivity index (χ3v) is 5.60. The number of fused-ring (bicyclic) bond motifs is 1. The Kier molecular flexibility index (Phi) is 5.32. The van der Waals surface area contributed by atoms with Crippen LogP contribution in [0.15, 0.2) is 36.4 Å². The molecule has 2 heterocycles. The molecule has 0 amide bonds. The highest BCUT2D eigenvalue weighted by Gasteiger charge is 2.27. The van der Waals surface area contributed by atoms with Gasteiger partial charge in [-0.15, -0.1) is 0 Å². The average Bonchev–Trinajstić information content (AvgIpc) is 2.68. The molecule has 0 aliphatic carbocycles. The normalized spacial score (nSPS) is 20.9. The van der Waals surface area contributed by atoms with Gasteiger partial charge in [-0.25, -0.2) is 4.39 Å². The molecule has 0 saturated carbocycles. The molecule has 1 fully saturated rings. The van der Waals surface area contributed by atoms with Gasteiger partial charge in [0.2, 0.25) is 0 Å². The summed E-state index contributed by atoms with van der Waals surface area (Å²) in [5.41, 5.74) is 3.13. The van der Waals surface area contributed by atoms with Gasteiger partial charge >= 0.3 is 0 Å². The van der Waals surface area contributed by atoms with Crippen molar-refractivity contribution in [2.24, 2.45) is 0 Å². The molecule has 2 aliphatic rings. The van der Waals surface area contributed by atoms with Gasteiger partial charge in [0.05, 0.1) is 7.11 Å². The molecule has 1 saturated heterocycles. The molecule has 27 heavy (non-hydrogen) atoms. The van der Waals surface area contributed by atoms with Crippen molar-refractivity contribution in [3.8, 4) is 11.5 Å². The summed E-state index contributed by atoms with van der Waals surface area (Å²) in [4.78, 5) is 2.24. The summed E-state index contributed by atoms with van der Waals surface area (Å²) in [6.45, 7) is 3.67. The van der Waals surface area contributed by atoms with Crippen molar-refractivity contribution in [2.75, 3.05) is 33.8 Å². The van der Waals surface area contributed by atoms with Crippen LogP contribution in [0.5, 0.6) is 11.5 Å². The van der Waals surface area contributed by atoms with E-state index in [0.717, 1.165) is 50.3 Å². The standard InChI is InChI=1S/C22H27FN2O2/c1-25-13-15-11-18(27-16-7-9-24-10-8-16)4-5-19(15)21(14-25)20-6-3-17(26-2)12-22(20)23/h3-6,11-12,16,21,24H,7-10,13-14H2,1-2H3. The molecule has 2 aromatic carbocycles. The second kappa shape index (κ2) is 7.87. The molecule has 2 aromatic rings. The van der Waals surface area contributed by atoms with Crippen LogP contribution in [-0.2, 0) is 6.54 Å². The van der Waals surface area contributed by atoms with Crippen LogP contribution in [0.25, 0.3) is 0 Å². The summed E-state index contributed by atoms with van der Waals surface area (Å²) in [6, 6.07) is 11.5. The van der Waals surface area contributed by atoms with E-state index in [1.165, 1.54) is 17.2 Å². The molecule has 1 N–H and O–H groups in total. The van der Waals surface area contributed by atoms with Crippen LogP contribution in [0, 0.1) is 5.82 Å². The lowest BCUT2D eigenvalue weighted by Crippen LogP contribution is -2.34. The molecular weight excluding hydrogens is 343 g/mol. The number of nitrogens with one attached hydrogen (secondary N) is 1. The van der Waals surface area contributed by atoms with Crippen molar-refractivity contribution in [2.45, 2.75) is 31.4 Å². The fraction of sp³-hybridized carbons (Fsp3) is 0.455. The van der Waals surface area contributed by atoms with Crippen molar-refractivity contribution in [3.63, 3.8) is 0 Å². The average molecular weight is 370 g/mol. The lowest BCUT2D eigenvalue weighted by Gasteiger charge is -2.33. The maximum Gasteiger partial charge on any atom is 0.130 e. The van der Waals surface area contributed by atoms with E-state index in [-0.39, 0.29) is 17.8 Å². The Morgan fingerprint density at radius 2 is 1.78 bits per heavy atom. The molecule has 144 valence electrons. The number of nitrogens with zero attached hydrogens (tertiary/aromatic N) is 1. The fourth-order valence-corrected chi connectivity index (χ4v) is 4.19. The highest BCUT2D eigenvalue weighted by Crippen LogP contribution is 2.37. The van der Waals surface area contributed by atoms with Crippen LogP contribution < -0.4 is 14.8 Å². The zero-order chi connectivity index (χ0) is 18.8. The van der Waals surface area contributed by atoms with Crippen LogP contribution in [-0.4, -0.2) is 44.8 Å². The molecular formula is C22H27FN2O2. The predicted octanol–water partition coefficient (Wildman–Crippen LogP) is 3.54. The van der Waals surface area contributed by atoms with Gasteiger partial charge in [-0.1, -0.05) is 12.1 Å². The molecule has 4 rings (SSSR count). The summed E-state index contributed by atoms with van der Waals surface area (Å²) in [5, 5.41) is 3.36. The van der Waals surface area contributed by atoms with Gasteiger partial charge in [-0.3, -0.25) is 0 Å². The van der Waals surface area contributed by atoms with Crippen LogP contribution in [0.4, 0.5) is 4.39 Å². The quantitative estimate of drug-likeness (QED) is 0.893. The van der Waals surface area contributed by atoms with Crippen LogP contribution in [0.3, 0.4) is 0 Å². The Labute approximate surface area is 160 Å². The zero-order valence-corrected chi connectivity index (χ0v) is 16.0. The monoisotopic (exact) mass is 370 g/mol. The van der Waals surface area contributed by atoms with Crippen LogP contribution >= 0.6 is 0 Å². The van der Waals surface area contributed by atoms with E-state index in [0.29, 0.717) is 5.75 Å². The second-order valence-electron chi connectivity index (χ2n) is 7.56. The molecule has 1 atom stereocenters. The number of piperidine rings is 1. The zero-order valence-electron chi connectivity index (χ0n) is 16.0. The Balaban J connectivity index is 1.62. The Morgan fingerprint density at radius 1 is 1.04 bits per heavy atom. The first-order valence-corrected chi connectivity index (χ1v) is 9.66. The predicted molar refractivity (Wildman–Crippen MR) is 104 cm³/mol. The smallest absolute Gasteiger partial charge is 0.130 e. The van der Waals surface area contributed by atoms with Gasteiger partial charge < -0.3 is 19.7 Å². The number of hydrogen-bond acceptors (Lipinski definition) is 4. The van der Waals surface area contributed by atoms with Gasteiger partial charge in [0.25, 0.3) is 0 Å². The highest BCUT2D eigenvalue weighted by atomic mass is 19.1. The third-order valence-electron chi connectivity index (χ3n) is 5.60. The van der Waals surface area contributed by atoms with Crippen molar-refractivity contribution >= 4 is 0 Å². The fourth-order valence-electron chi connectivity index (χ4n) is 4.19. The summed E-state index contributed by atoms with van der Waals surface area (Å²) >= 11 is 0. The minimum atomic E-state index is -0.212. The summed E-state index contributed by atoms with van der Waals surface area (Å²) in [7, 11) is 3.64. The molecule has 1 unspecified atom stereocenters. The van der Waals surface area contributed by atoms with Crippen molar-refractivity contribution in [3.05, 3.63) is 58.9 Å². The Hall–Kier alpha value is -2.11. The number of methoxy groups -OCH3 is 1. The molecule has 5 heteroatoms. The van der Waals surface area contributed by atoms with Crippen molar-refractivity contribution < 1.29 is 13.9 Å². The SMILES string of the molecule is COc1ccc(C2CN(C)Cc3cc(OC4CCNCC4)ccc32)c(F)c1. The van der Waals surface area contributed by atoms with E-state index in [1.807, 2.05) is 18.2 Å². The van der Waals surface area contributed by atoms with Crippen molar-refractivity contribution in [1.29, 1.82) is 0 Å². The highest BCUT2D eigenvalue weighted by molar-refractivity contribution is 5.45. The molecule has 0 radical (unpaired) electrons. The van der Waals surface area contributed by atoms with Gasteiger partial charge in [0, 0.05) is 25.1 Å². The van der Waals surface area contributed by atoms with E-state index in [4.69, 9.17) is 9.47 Å². The number of benzene rings is 2. The summed E-state index contributed by atoms with van der Waals surface area (Å²) in [5.74, 6) is 1.27. The first-order chi connectivity index (χ1) is 13.1. The number of hydrogen-bond donors (Lipinski definition) is 1. The Morgan fingerprint density at radius 3 is 2.52 bits per heavy atom. The Bertz CT molecular complexity index is 805. The number of halogens is 1. The molecule has 0 spiro atoms. The molecule has 4 nitrogen and oxygen atoms in total. The number of likely N-dealkylation sites (N-methyl/N-ethyl adjacent to an activating group) is 1. The molecule has 0 aromatic heterocycles. The third kappa shape index (κ3) is 3.94. The minimum absolute atomic E-state index is 0.0117. The van der Waals surface area contributed by atoms with Crippen LogP contribution in [0.2, 0.25) is 0 Å². The topological polar surface area (TPSA) is 33.7 Å². The maximum atomic E-state index is 14.7. The number of ether oxygens (including phenoxy) is 2. The first kappa shape index (κ1) is 18.3. The lowest BCUT2D eigenvalue weighted by molar-refractivity contribution is 0.162. The van der Waals surface area contributed by atoms with Crippen LogP contribution in [0.1, 0.15) is 35.4 Å². The van der Waals surface area contributed by atoms with E-state index >= 15 is 0 Å². The lowest BCUT2D eigenvalue weighted by atomic mass is 9.84. The summed E-state index contributed by atoms with van der Waals surface area (Å²) in [6.07, 6.45) is 2.35. The molecule has 0 bridgehead atoms. The van der Waals surface area contributed by atoms with Gasteiger partial charge in [-0.2, -0.15) is 0 Å². The van der Waals surface area contributed by atoms with Gasteiger partial charge in [0.15, 0.2) is 0 Å². The van der Waals surface area contributed by atoms with E-state index in [2.05, 4.69) is 29.4 Å².